The summed E-state index contributed by atoms with van der Waals surface area (Å²) < 4.78 is 13.1. The molecule has 0 N–H and O–H groups in total. The molecule has 164 valence electrons. The highest BCUT2D eigenvalue weighted by atomic mass is 16.5. The Balaban J connectivity index is 1.20. The van der Waals surface area contributed by atoms with Crippen LogP contribution in [0.25, 0.3) is 11.3 Å². The first-order valence-corrected chi connectivity index (χ1v) is 11.2. The summed E-state index contributed by atoms with van der Waals surface area (Å²) in [6, 6.07) is 6.65. The van der Waals surface area contributed by atoms with Crippen LogP contribution in [-0.4, -0.2) is 63.8 Å². The topological polar surface area (TPSA) is 72.5 Å². The summed E-state index contributed by atoms with van der Waals surface area (Å²) in [4.78, 5) is 9.06. The zero-order chi connectivity index (χ0) is 21.0. The predicted octanol–water partition coefficient (Wildman–Crippen LogP) is 3.13. The lowest BCUT2D eigenvalue weighted by Gasteiger charge is -2.35. The van der Waals surface area contributed by atoms with E-state index in [1.165, 1.54) is 24.1 Å². The summed E-state index contributed by atoms with van der Waals surface area (Å²) in [6.45, 7) is 8.57. The second kappa shape index (κ2) is 9.20. The molecule has 1 unspecified atom stereocenters. The van der Waals surface area contributed by atoms with Crippen LogP contribution >= 0.6 is 0 Å². The number of hydrogen-bond donors (Lipinski definition) is 0. The minimum absolute atomic E-state index is 0.258. The first-order chi connectivity index (χ1) is 15.2. The highest BCUT2D eigenvalue weighted by Gasteiger charge is 2.20. The SMILES string of the molecule is Cc1cc(N2CCN(Cc3ncco3)CC2)ccc1-c1cn(CC2CCCCO2)nn1. The Morgan fingerprint density at radius 2 is 2.03 bits per heavy atom. The molecule has 5 rings (SSSR count). The molecule has 0 saturated carbocycles. The van der Waals surface area contributed by atoms with E-state index in [2.05, 4.69) is 50.2 Å². The molecule has 3 aromatic rings. The zero-order valence-corrected chi connectivity index (χ0v) is 18.1. The van der Waals surface area contributed by atoms with E-state index in [1.54, 1.807) is 12.5 Å². The van der Waals surface area contributed by atoms with Gasteiger partial charge in [-0.3, -0.25) is 4.90 Å². The van der Waals surface area contributed by atoms with E-state index in [1.807, 2.05) is 10.9 Å². The van der Waals surface area contributed by atoms with Gasteiger partial charge in [0.15, 0.2) is 0 Å². The van der Waals surface area contributed by atoms with Gasteiger partial charge in [0.05, 0.1) is 31.6 Å². The van der Waals surface area contributed by atoms with E-state index in [4.69, 9.17) is 9.15 Å². The van der Waals surface area contributed by atoms with Crippen LogP contribution in [0.4, 0.5) is 5.69 Å². The molecule has 1 aromatic carbocycles. The molecule has 2 aromatic heterocycles. The van der Waals surface area contributed by atoms with Crippen LogP contribution in [0.1, 0.15) is 30.7 Å². The van der Waals surface area contributed by atoms with E-state index < -0.39 is 0 Å². The quantitative estimate of drug-likeness (QED) is 0.604. The van der Waals surface area contributed by atoms with Crippen LogP contribution in [0.15, 0.2) is 41.3 Å². The number of rotatable bonds is 6. The molecule has 8 nitrogen and oxygen atoms in total. The molecular formula is C23H30N6O2. The number of ether oxygens (including phenoxy) is 1. The Kier molecular flexibility index (Phi) is 5.99. The molecule has 0 radical (unpaired) electrons. The first-order valence-electron chi connectivity index (χ1n) is 11.2. The van der Waals surface area contributed by atoms with Crippen LogP contribution < -0.4 is 4.90 Å². The number of aryl methyl sites for hydroxylation is 1. The molecule has 0 amide bonds. The van der Waals surface area contributed by atoms with Crippen molar-refractivity contribution >= 4 is 5.69 Å². The van der Waals surface area contributed by atoms with Gasteiger partial charge in [-0.05, 0) is 43.9 Å². The molecule has 2 saturated heterocycles. The Bertz CT molecular complexity index is 972. The fourth-order valence-electron chi connectivity index (χ4n) is 4.49. The van der Waals surface area contributed by atoms with Crippen LogP contribution in [0, 0.1) is 6.92 Å². The normalized spacial score (nSPS) is 20.3. The van der Waals surface area contributed by atoms with Crippen molar-refractivity contribution in [2.24, 2.45) is 0 Å². The largest absolute Gasteiger partial charge is 0.448 e. The lowest BCUT2D eigenvalue weighted by atomic mass is 10.0. The zero-order valence-electron chi connectivity index (χ0n) is 18.1. The number of benzene rings is 1. The highest BCUT2D eigenvalue weighted by molar-refractivity contribution is 5.67. The third-order valence-corrected chi connectivity index (χ3v) is 6.27. The van der Waals surface area contributed by atoms with Gasteiger partial charge in [0.25, 0.3) is 0 Å². The number of nitrogens with zero attached hydrogens (tertiary/aromatic N) is 6. The van der Waals surface area contributed by atoms with Crippen molar-refractivity contribution in [3.63, 3.8) is 0 Å². The number of oxazole rings is 1. The summed E-state index contributed by atoms with van der Waals surface area (Å²) >= 11 is 0. The molecular weight excluding hydrogens is 392 g/mol. The van der Waals surface area contributed by atoms with Crippen molar-refractivity contribution in [3.8, 4) is 11.3 Å². The van der Waals surface area contributed by atoms with E-state index in [9.17, 15) is 0 Å². The fraction of sp³-hybridized carbons (Fsp3) is 0.522. The van der Waals surface area contributed by atoms with Crippen molar-refractivity contribution in [1.82, 2.24) is 24.9 Å². The summed E-state index contributed by atoms with van der Waals surface area (Å²) in [6.07, 6.45) is 9.15. The van der Waals surface area contributed by atoms with Crippen molar-refractivity contribution in [3.05, 3.63) is 48.3 Å². The minimum Gasteiger partial charge on any atom is -0.448 e. The van der Waals surface area contributed by atoms with Crippen LogP contribution in [0.3, 0.4) is 0 Å². The van der Waals surface area contributed by atoms with Crippen molar-refractivity contribution in [2.75, 3.05) is 37.7 Å². The second-order valence-electron chi connectivity index (χ2n) is 8.50. The number of aromatic nitrogens is 4. The van der Waals surface area contributed by atoms with Gasteiger partial charge in [0.2, 0.25) is 5.89 Å². The standard InChI is InChI=1S/C23H30N6O2/c1-18-14-19(28-10-8-27(9-11-28)17-23-24-7-13-31-23)5-6-21(18)22-16-29(26-25-22)15-20-4-2-3-12-30-20/h5-7,13-14,16,20H,2-4,8-12,15,17H2,1H3. The smallest absolute Gasteiger partial charge is 0.208 e. The number of piperazine rings is 1. The van der Waals surface area contributed by atoms with Gasteiger partial charge in [0, 0.05) is 44.0 Å². The average Bonchev–Trinajstić information content (AvgIpc) is 3.47. The maximum atomic E-state index is 5.83. The maximum Gasteiger partial charge on any atom is 0.208 e. The Morgan fingerprint density at radius 3 is 2.77 bits per heavy atom. The Morgan fingerprint density at radius 1 is 1.13 bits per heavy atom. The molecule has 8 heteroatoms. The molecule has 0 spiro atoms. The first kappa shape index (κ1) is 20.2. The predicted molar refractivity (Wildman–Crippen MR) is 118 cm³/mol. The molecule has 1 atom stereocenters. The highest BCUT2D eigenvalue weighted by Crippen LogP contribution is 2.27. The molecule has 0 aliphatic carbocycles. The van der Waals surface area contributed by atoms with Crippen molar-refractivity contribution in [1.29, 1.82) is 0 Å². The third kappa shape index (κ3) is 4.80. The molecule has 31 heavy (non-hydrogen) atoms. The molecule has 2 aliphatic rings. The van der Waals surface area contributed by atoms with Gasteiger partial charge in [-0.25, -0.2) is 9.67 Å². The van der Waals surface area contributed by atoms with Crippen molar-refractivity contribution in [2.45, 2.75) is 45.4 Å². The van der Waals surface area contributed by atoms with E-state index in [0.717, 1.165) is 69.4 Å². The fourth-order valence-corrected chi connectivity index (χ4v) is 4.49. The van der Waals surface area contributed by atoms with Crippen LogP contribution in [0.5, 0.6) is 0 Å². The average molecular weight is 423 g/mol. The summed E-state index contributed by atoms with van der Waals surface area (Å²) in [5.41, 5.74) is 4.55. The van der Waals surface area contributed by atoms with Gasteiger partial charge in [0.1, 0.15) is 12.0 Å². The van der Waals surface area contributed by atoms with E-state index in [0.29, 0.717) is 0 Å². The van der Waals surface area contributed by atoms with E-state index >= 15 is 0 Å². The van der Waals surface area contributed by atoms with Gasteiger partial charge in [-0.15, -0.1) is 5.10 Å². The van der Waals surface area contributed by atoms with Crippen molar-refractivity contribution < 1.29 is 9.15 Å². The Hall–Kier alpha value is -2.71. The number of anilines is 1. The molecule has 4 heterocycles. The lowest BCUT2D eigenvalue weighted by molar-refractivity contribution is 0.00370. The van der Waals surface area contributed by atoms with Crippen LogP contribution in [-0.2, 0) is 17.8 Å². The molecule has 0 bridgehead atoms. The minimum atomic E-state index is 0.258. The van der Waals surface area contributed by atoms with Crippen LogP contribution in [0.2, 0.25) is 0 Å². The maximum absolute atomic E-state index is 5.83. The molecule has 2 fully saturated rings. The van der Waals surface area contributed by atoms with Gasteiger partial charge in [-0.1, -0.05) is 11.3 Å². The monoisotopic (exact) mass is 422 g/mol. The number of hydrogen-bond acceptors (Lipinski definition) is 7. The summed E-state index contributed by atoms with van der Waals surface area (Å²) in [7, 11) is 0. The second-order valence-corrected chi connectivity index (χ2v) is 8.50. The van der Waals surface area contributed by atoms with E-state index in [-0.39, 0.29) is 6.10 Å². The van der Waals surface area contributed by atoms with Gasteiger partial charge < -0.3 is 14.1 Å². The van der Waals surface area contributed by atoms with Gasteiger partial charge in [-0.2, -0.15) is 0 Å². The summed E-state index contributed by atoms with van der Waals surface area (Å²) in [5.74, 6) is 0.789. The summed E-state index contributed by atoms with van der Waals surface area (Å²) in [5, 5.41) is 8.76. The van der Waals surface area contributed by atoms with Gasteiger partial charge >= 0.3 is 0 Å². The Labute approximate surface area is 182 Å². The molecule has 2 aliphatic heterocycles. The third-order valence-electron chi connectivity index (χ3n) is 6.27. The lowest BCUT2D eigenvalue weighted by Crippen LogP contribution is -2.46.